The molecule has 0 unspecified atom stereocenters. The van der Waals surface area contributed by atoms with Crippen LogP contribution in [0.15, 0.2) is 18.2 Å². The first-order chi connectivity index (χ1) is 8.45. The van der Waals surface area contributed by atoms with Crippen LogP contribution in [-0.4, -0.2) is 23.3 Å². The number of hydrogen-bond donors (Lipinski definition) is 0. The normalized spacial score (nSPS) is 17.8. The number of non-ortho nitro benzene ring substituents is 1. The van der Waals surface area contributed by atoms with Crippen LogP contribution in [-0.2, 0) is 0 Å². The number of benzene rings is 1. The van der Waals surface area contributed by atoms with Crippen LogP contribution in [0.2, 0.25) is 0 Å². The molecule has 5 nitrogen and oxygen atoms in total. The van der Waals surface area contributed by atoms with E-state index in [4.69, 9.17) is 0 Å². The predicted octanol–water partition coefficient (Wildman–Crippen LogP) is 2.79. The Hall–Kier alpha value is -1.91. The van der Waals surface area contributed by atoms with Crippen molar-refractivity contribution in [1.82, 2.24) is 0 Å². The summed E-state index contributed by atoms with van der Waals surface area (Å²) in [5, 5.41) is 10.7. The fourth-order valence-electron chi connectivity index (χ4n) is 2.55. The van der Waals surface area contributed by atoms with Crippen molar-refractivity contribution in [1.29, 1.82) is 0 Å². The van der Waals surface area contributed by atoms with Gasteiger partial charge >= 0.3 is 0 Å². The van der Waals surface area contributed by atoms with Crippen LogP contribution in [0.4, 0.5) is 11.4 Å². The van der Waals surface area contributed by atoms with E-state index in [0.29, 0.717) is 11.8 Å². The van der Waals surface area contributed by atoms with Gasteiger partial charge in [-0.15, -0.1) is 0 Å². The van der Waals surface area contributed by atoms with Crippen LogP contribution in [0.25, 0.3) is 0 Å². The molecule has 1 heterocycles. The molecule has 0 aromatic heterocycles. The molecule has 18 heavy (non-hydrogen) atoms. The first-order valence-electron chi connectivity index (χ1n) is 5.97. The van der Waals surface area contributed by atoms with E-state index in [1.165, 1.54) is 12.1 Å². The number of anilines is 1. The van der Waals surface area contributed by atoms with E-state index in [1.807, 2.05) is 0 Å². The molecule has 1 aromatic rings. The second-order valence-electron chi connectivity index (χ2n) is 5.19. The minimum atomic E-state index is -0.480. The molecular weight excluding hydrogens is 232 g/mol. The lowest BCUT2D eigenvalue weighted by Gasteiger charge is -2.34. The van der Waals surface area contributed by atoms with Crippen LogP contribution in [0.3, 0.4) is 0 Å². The number of carbonyl (C=O) groups is 1. The summed E-state index contributed by atoms with van der Waals surface area (Å²) in [7, 11) is 0. The highest BCUT2D eigenvalue weighted by Gasteiger charge is 2.33. The molecule has 1 aliphatic heterocycles. The Kier molecular flexibility index (Phi) is 3.07. The second-order valence-corrected chi connectivity index (χ2v) is 5.19. The van der Waals surface area contributed by atoms with Gasteiger partial charge in [-0.2, -0.15) is 0 Å². The Balaban J connectivity index is 2.45. The molecule has 0 saturated carbocycles. The van der Waals surface area contributed by atoms with Gasteiger partial charge in [-0.3, -0.25) is 14.9 Å². The standard InChI is InChI=1S/C13H16N2O3/c1-13(2)6-3-7-14(13)12-5-4-11(15(17)18)8-10(12)9-16/h4-5,8-9H,3,6-7H2,1-2H3. The van der Waals surface area contributed by atoms with Crippen molar-refractivity contribution in [2.75, 3.05) is 11.4 Å². The second kappa shape index (κ2) is 4.40. The fourth-order valence-corrected chi connectivity index (χ4v) is 2.55. The monoisotopic (exact) mass is 248 g/mol. The zero-order valence-corrected chi connectivity index (χ0v) is 10.5. The summed E-state index contributed by atoms with van der Waals surface area (Å²) in [5.41, 5.74) is 1.13. The van der Waals surface area contributed by atoms with Crippen molar-refractivity contribution in [3.63, 3.8) is 0 Å². The molecule has 1 aliphatic rings. The molecule has 2 rings (SSSR count). The molecule has 1 aromatic carbocycles. The predicted molar refractivity (Wildman–Crippen MR) is 69.1 cm³/mol. The highest BCUT2D eigenvalue weighted by molar-refractivity contribution is 5.86. The summed E-state index contributed by atoms with van der Waals surface area (Å²) in [4.78, 5) is 23.5. The van der Waals surface area contributed by atoms with Crippen LogP contribution >= 0.6 is 0 Å². The average molecular weight is 248 g/mol. The lowest BCUT2D eigenvalue weighted by molar-refractivity contribution is -0.384. The number of rotatable bonds is 3. The lowest BCUT2D eigenvalue weighted by Crippen LogP contribution is -2.38. The maximum Gasteiger partial charge on any atom is 0.270 e. The molecule has 0 radical (unpaired) electrons. The largest absolute Gasteiger partial charge is 0.366 e. The minimum absolute atomic E-state index is 0.00606. The number of hydrogen-bond acceptors (Lipinski definition) is 4. The van der Waals surface area contributed by atoms with Crippen molar-refractivity contribution in [2.45, 2.75) is 32.2 Å². The fraction of sp³-hybridized carbons (Fsp3) is 0.462. The molecule has 5 heteroatoms. The third kappa shape index (κ3) is 2.08. The van der Waals surface area contributed by atoms with E-state index in [-0.39, 0.29) is 11.2 Å². The SMILES string of the molecule is CC1(C)CCCN1c1ccc([N+](=O)[O-])cc1C=O. The van der Waals surface area contributed by atoms with Gasteiger partial charge in [-0.25, -0.2) is 0 Å². The molecule has 96 valence electrons. The highest BCUT2D eigenvalue weighted by Crippen LogP contribution is 2.36. The van der Waals surface area contributed by atoms with E-state index >= 15 is 0 Å². The summed E-state index contributed by atoms with van der Waals surface area (Å²) >= 11 is 0. The summed E-state index contributed by atoms with van der Waals surface area (Å²) in [6.45, 7) is 5.12. The van der Waals surface area contributed by atoms with Crippen molar-refractivity contribution >= 4 is 17.7 Å². The zero-order chi connectivity index (χ0) is 13.3. The Bertz CT molecular complexity index is 497. The van der Waals surface area contributed by atoms with Crippen molar-refractivity contribution in [3.8, 4) is 0 Å². The van der Waals surface area contributed by atoms with E-state index in [2.05, 4.69) is 18.7 Å². The van der Waals surface area contributed by atoms with Crippen LogP contribution in [0.5, 0.6) is 0 Å². The molecule has 0 amide bonds. The molecule has 1 fully saturated rings. The third-order valence-electron chi connectivity index (χ3n) is 3.54. The van der Waals surface area contributed by atoms with Crippen LogP contribution in [0, 0.1) is 10.1 Å². The van der Waals surface area contributed by atoms with E-state index in [9.17, 15) is 14.9 Å². The van der Waals surface area contributed by atoms with Gasteiger partial charge in [0.25, 0.3) is 5.69 Å². The maximum absolute atomic E-state index is 11.1. The van der Waals surface area contributed by atoms with Crippen molar-refractivity contribution in [2.24, 2.45) is 0 Å². The van der Waals surface area contributed by atoms with Gasteiger partial charge in [0.1, 0.15) is 0 Å². The Morgan fingerprint density at radius 1 is 1.44 bits per heavy atom. The zero-order valence-electron chi connectivity index (χ0n) is 10.5. The lowest BCUT2D eigenvalue weighted by atomic mass is 10.0. The maximum atomic E-state index is 11.1. The number of nitro benzene ring substituents is 1. The van der Waals surface area contributed by atoms with E-state index in [1.54, 1.807) is 6.07 Å². The van der Waals surface area contributed by atoms with Gasteiger partial charge in [-0.1, -0.05) is 0 Å². The highest BCUT2D eigenvalue weighted by atomic mass is 16.6. The third-order valence-corrected chi connectivity index (χ3v) is 3.54. The number of nitrogens with zero attached hydrogens (tertiary/aromatic N) is 2. The average Bonchev–Trinajstić information content (AvgIpc) is 2.67. The Labute approximate surface area is 106 Å². The van der Waals surface area contributed by atoms with Crippen LogP contribution in [0.1, 0.15) is 37.0 Å². The molecular formula is C13H16N2O3. The van der Waals surface area contributed by atoms with Gasteiger partial charge in [-0.05, 0) is 32.8 Å². The van der Waals surface area contributed by atoms with E-state index in [0.717, 1.165) is 25.1 Å². The quantitative estimate of drug-likeness (QED) is 0.468. The van der Waals surface area contributed by atoms with Gasteiger partial charge in [0.2, 0.25) is 0 Å². The molecule has 0 atom stereocenters. The molecule has 0 bridgehead atoms. The number of carbonyl (C=O) groups excluding carboxylic acids is 1. The number of aldehydes is 1. The van der Waals surface area contributed by atoms with E-state index < -0.39 is 4.92 Å². The van der Waals surface area contributed by atoms with Gasteiger partial charge in [0.15, 0.2) is 6.29 Å². The summed E-state index contributed by atoms with van der Waals surface area (Å²) < 4.78 is 0. The van der Waals surface area contributed by atoms with Crippen LogP contribution < -0.4 is 4.90 Å². The molecule has 1 saturated heterocycles. The number of nitro groups is 1. The minimum Gasteiger partial charge on any atom is -0.366 e. The van der Waals surface area contributed by atoms with Gasteiger partial charge in [0.05, 0.1) is 4.92 Å². The van der Waals surface area contributed by atoms with Gasteiger partial charge in [0, 0.05) is 35.5 Å². The smallest absolute Gasteiger partial charge is 0.270 e. The Morgan fingerprint density at radius 2 is 2.17 bits per heavy atom. The Morgan fingerprint density at radius 3 is 2.67 bits per heavy atom. The topological polar surface area (TPSA) is 63.4 Å². The summed E-state index contributed by atoms with van der Waals surface area (Å²) in [6, 6.07) is 4.47. The molecule has 0 N–H and O–H groups in total. The summed E-state index contributed by atoms with van der Waals surface area (Å²) in [6.07, 6.45) is 2.82. The molecule has 0 spiro atoms. The summed E-state index contributed by atoms with van der Waals surface area (Å²) in [5.74, 6) is 0. The van der Waals surface area contributed by atoms with Gasteiger partial charge < -0.3 is 4.90 Å². The van der Waals surface area contributed by atoms with Crippen molar-refractivity contribution in [3.05, 3.63) is 33.9 Å². The van der Waals surface area contributed by atoms with Crippen molar-refractivity contribution < 1.29 is 9.72 Å². The first kappa shape index (κ1) is 12.5. The molecule has 0 aliphatic carbocycles. The first-order valence-corrected chi connectivity index (χ1v) is 5.97.